The van der Waals surface area contributed by atoms with E-state index in [1.807, 2.05) is 41.2 Å². The van der Waals surface area contributed by atoms with Gasteiger partial charge in [-0.25, -0.2) is 9.07 Å². The normalized spacial score (nSPS) is 21.9. The van der Waals surface area contributed by atoms with Crippen molar-refractivity contribution in [3.05, 3.63) is 89.0 Å². The molecule has 0 aliphatic heterocycles. The molecule has 4 nitrogen and oxygen atoms in total. The fourth-order valence-corrected chi connectivity index (χ4v) is 5.34. The summed E-state index contributed by atoms with van der Waals surface area (Å²) in [7, 11) is 0. The number of fused-ring (bicyclic) bond motifs is 2. The number of carbonyl (C=O) groups is 1. The van der Waals surface area contributed by atoms with E-state index in [4.69, 9.17) is 0 Å². The molecule has 2 aliphatic carbocycles. The number of hydrogen-bond donors (Lipinski definition) is 1. The van der Waals surface area contributed by atoms with E-state index in [1.165, 1.54) is 23.3 Å². The molecule has 1 fully saturated rings. The highest BCUT2D eigenvalue weighted by Gasteiger charge is 2.43. The molecule has 3 aromatic rings. The number of carbonyl (C=O) groups excluding carboxylic acids is 1. The molecule has 0 spiro atoms. The van der Waals surface area contributed by atoms with Crippen molar-refractivity contribution in [2.45, 2.75) is 39.0 Å². The Kier molecular flexibility index (Phi) is 5.41. The van der Waals surface area contributed by atoms with Gasteiger partial charge in [-0.05, 0) is 78.5 Å². The van der Waals surface area contributed by atoms with Crippen LogP contribution in [-0.4, -0.2) is 22.2 Å². The van der Waals surface area contributed by atoms with Crippen molar-refractivity contribution in [3.8, 4) is 5.69 Å². The minimum Gasteiger partial charge on any atom is -0.356 e. The molecule has 32 heavy (non-hydrogen) atoms. The summed E-state index contributed by atoms with van der Waals surface area (Å²) in [6.07, 6.45) is 8.86. The van der Waals surface area contributed by atoms with Crippen LogP contribution >= 0.6 is 0 Å². The molecular formula is C27H28FN3O. The van der Waals surface area contributed by atoms with E-state index >= 15 is 0 Å². The van der Waals surface area contributed by atoms with E-state index in [1.54, 1.807) is 12.1 Å². The predicted octanol–water partition coefficient (Wildman–Crippen LogP) is 5.12. The Hall–Kier alpha value is -3.21. The third-order valence-electron chi connectivity index (χ3n) is 7.21. The van der Waals surface area contributed by atoms with Crippen LogP contribution in [0.1, 0.15) is 43.0 Å². The van der Waals surface area contributed by atoms with Gasteiger partial charge >= 0.3 is 0 Å². The highest BCUT2D eigenvalue weighted by molar-refractivity contribution is 5.78. The van der Waals surface area contributed by atoms with Gasteiger partial charge in [-0.15, -0.1) is 0 Å². The number of rotatable bonds is 5. The van der Waals surface area contributed by atoms with Crippen molar-refractivity contribution in [2.75, 3.05) is 6.54 Å². The molecule has 0 radical (unpaired) electrons. The van der Waals surface area contributed by atoms with Gasteiger partial charge in [0.1, 0.15) is 5.82 Å². The molecule has 0 unspecified atom stereocenters. The number of halogens is 1. The van der Waals surface area contributed by atoms with Crippen LogP contribution in [0.3, 0.4) is 0 Å². The standard InChI is InChI=1S/C27H28FN3O/c1-27-16-20-17-30-31(24-12-10-23(28)11-13-24)25(20)15-21(27)8-5-9-22(27)18-29-26(32)14-19-6-3-2-4-7-19/h2-4,6-7,10-13,15,17,22H,5,8-9,14,16,18H2,1H3,(H,29,32)/t22-,27+/m1/s1. The average molecular weight is 430 g/mol. The fourth-order valence-electron chi connectivity index (χ4n) is 5.34. The van der Waals surface area contributed by atoms with E-state index in [9.17, 15) is 9.18 Å². The largest absolute Gasteiger partial charge is 0.356 e. The molecular weight excluding hydrogens is 401 g/mol. The minimum absolute atomic E-state index is 0.0158. The Labute approximate surface area is 188 Å². The zero-order chi connectivity index (χ0) is 22.1. The van der Waals surface area contributed by atoms with Crippen molar-refractivity contribution in [2.24, 2.45) is 11.3 Å². The minimum atomic E-state index is -0.245. The molecule has 1 heterocycles. The van der Waals surface area contributed by atoms with Gasteiger partial charge in [0, 0.05) is 6.54 Å². The highest BCUT2D eigenvalue weighted by atomic mass is 19.1. The highest BCUT2D eigenvalue weighted by Crippen LogP contribution is 2.50. The zero-order valence-corrected chi connectivity index (χ0v) is 18.4. The van der Waals surface area contributed by atoms with Crippen LogP contribution in [0.25, 0.3) is 11.8 Å². The average Bonchev–Trinajstić information content (AvgIpc) is 3.19. The Morgan fingerprint density at radius 1 is 1.19 bits per heavy atom. The smallest absolute Gasteiger partial charge is 0.224 e. The van der Waals surface area contributed by atoms with E-state index in [2.05, 4.69) is 23.4 Å². The van der Waals surface area contributed by atoms with Crippen molar-refractivity contribution in [1.29, 1.82) is 0 Å². The van der Waals surface area contributed by atoms with Crippen molar-refractivity contribution in [1.82, 2.24) is 15.1 Å². The van der Waals surface area contributed by atoms with E-state index < -0.39 is 0 Å². The van der Waals surface area contributed by atoms with Crippen LogP contribution in [-0.2, 0) is 17.6 Å². The second kappa shape index (κ2) is 8.38. The summed E-state index contributed by atoms with van der Waals surface area (Å²) >= 11 is 0. The van der Waals surface area contributed by atoms with Crippen molar-refractivity contribution in [3.63, 3.8) is 0 Å². The predicted molar refractivity (Wildman–Crippen MR) is 124 cm³/mol. The van der Waals surface area contributed by atoms with Crippen LogP contribution < -0.4 is 5.32 Å². The summed E-state index contributed by atoms with van der Waals surface area (Å²) in [5.74, 6) is 0.228. The molecule has 5 rings (SSSR count). The first-order valence-electron chi connectivity index (χ1n) is 11.4. The second-order valence-corrected chi connectivity index (χ2v) is 9.26. The number of amides is 1. The van der Waals surface area contributed by atoms with E-state index in [0.29, 0.717) is 18.9 Å². The van der Waals surface area contributed by atoms with Crippen LogP contribution in [0.4, 0.5) is 4.39 Å². The first kappa shape index (κ1) is 20.7. The summed E-state index contributed by atoms with van der Waals surface area (Å²) in [5.41, 5.74) is 5.66. The molecule has 5 heteroatoms. The van der Waals surface area contributed by atoms with Gasteiger partial charge in [0.15, 0.2) is 0 Å². The Morgan fingerprint density at radius 2 is 1.97 bits per heavy atom. The van der Waals surface area contributed by atoms with Gasteiger partial charge in [-0.1, -0.05) is 42.8 Å². The molecule has 2 atom stereocenters. The number of nitrogens with one attached hydrogen (secondary N) is 1. The first-order valence-corrected chi connectivity index (χ1v) is 11.4. The van der Waals surface area contributed by atoms with Gasteiger partial charge in [0.25, 0.3) is 0 Å². The molecule has 0 saturated heterocycles. The maximum atomic E-state index is 13.4. The monoisotopic (exact) mass is 429 g/mol. The zero-order valence-electron chi connectivity index (χ0n) is 18.4. The lowest BCUT2D eigenvalue weighted by atomic mass is 9.60. The SMILES string of the molecule is C[C@]12Cc3cnn(-c4ccc(F)cc4)c3C=C1CCC[C@@H]2CNC(=O)Cc1ccccc1. The fraction of sp³-hybridized carbons (Fsp3) is 0.333. The van der Waals surface area contributed by atoms with E-state index in [-0.39, 0.29) is 17.1 Å². The molecule has 2 aliphatic rings. The number of hydrogen-bond acceptors (Lipinski definition) is 2. The molecule has 1 saturated carbocycles. The maximum absolute atomic E-state index is 13.4. The van der Waals surface area contributed by atoms with Crippen LogP contribution in [0.5, 0.6) is 0 Å². The summed E-state index contributed by atoms with van der Waals surface area (Å²) in [4.78, 5) is 12.5. The lowest BCUT2D eigenvalue weighted by molar-refractivity contribution is -0.120. The second-order valence-electron chi connectivity index (χ2n) is 9.26. The number of benzene rings is 2. The molecule has 164 valence electrons. The molecule has 0 bridgehead atoms. The third kappa shape index (κ3) is 3.88. The van der Waals surface area contributed by atoms with Crippen LogP contribution in [0.15, 0.2) is 66.4 Å². The summed E-state index contributed by atoms with van der Waals surface area (Å²) < 4.78 is 15.3. The van der Waals surface area contributed by atoms with Gasteiger partial charge in [-0.2, -0.15) is 5.10 Å². The third-order valence-corrected chi connectivity index (χ3v) is 7.21. The quantitative estimate of drug-likeness (QED) is 0.612. The van der Waals surface area contributed by atoms with E-state index in [0.717, 1.165) is 42.6 Å². The van der Waals surface area contributed by atoms with Gasteiger partial charge < -0.3 is 5.32 Å². The van der Waals surface area contributed by atoms with Crippen molar-refractivity contribution >= 4 is 12.0 Å². The molecule has 1 N–H and O–H groups in total. The summed E-state index contributed by atoms with van der Waals surface area (Å²) in [6.45, 7) is 3.03. The lowest BCUT2D eigenvalue weighted by Gasteiger charge is -2.46. The first-order chi connectivity index (χ1) is 15.5. The van der Waals surface area contributed by atoms with Crippen LogP contribution in [0, 0.1) is 17.2 Å². The van der Waals surface area contributed by atoms with Crippen LogP contribution in [0.2, 0.25) is 0 Å². The number of aromatic nitrogens is 2. The topological polar surface area (TPSA) is 46.9 Å². The lowest BCUT2D eigenvalue weighted by Crippen LogP contribution is -2.43. The van der Waals surface area contributed by atoms with Gasteiger partial charge in [0.2, 0.25) is 5.91 Å². The van der Waals surface area contributed by atoms with Gasteiger partial charge in [0.05, 0.1) is 24.0 Å². The Morgan fingerprint density at radius 3 is 2.75 bits per heavy atom. The van der Waals surface area contributed by atoms with Crippen molar-refractivity contribution < 1.29 is 9.18 Å². The number of nitrogens with zero attached hydrogens (tertiary/aromatic N) is 2. The molecule has 2 aromatic carbocycles. The molecule has 1 aromatic heterocycles. The summed E-state index contributed by atoms with van der Waals surface area (Å²) in [5, 5.41) is 7.81. The molecule has 1 amide bonds. The maximum Gasteiger partial charge on any atom is 0.224 e. The number of allylic oxidation sites excluding steroid dienone is 1. The Bertz CT molecular complexity index is 1150. The summed E-state index contributed by atoms with van der Waals surface area (Å²) in [6, 6.07) is 16.3. The Balaban J connectivity index is 1.33. The van der Waals surface area contributed by atoms with Gasteiger partial charge in [-0.3, -0.25) is 4.79 Å².